The van der Waals surface area contributed by atoms with Gasteiger partial charge in [0.05, 0.1) is 17.3 Å². The largest absolute Gasteiger partial charge is 0.478 e. The first-order valence-electron chi connectivity index (χ1n) is 8.93. The van der Waals surface area contributed by atoms with Crippen LogP contribution in [-0.4, -0.2) is 16.0 Å². The van der Waals surface area contributed by atoms with E-state index >= 15 is 0 Å². The molecule has 0 amide bonds. The summed E-state index contributed by atoms with van der Waals surface area (Å²) in [7, 11) is 0. The summed E-state index contributed by atoms with van der Waals surface area (Å²) in [6.45, 7) is 1.13. The molecule has 4 nitrogen and oxygen atoms in total. The van der Waals surface area contributed by atoms with Crippen molar-refractivity contribution in [3.05, 3.63) is 113 Å². The van der Waals surface area contributed by atoms with Crippen molar-refractivity contribution in [3.63, 3.8) is 0 Å². The lowest BCUT2D eigenvalue weighted by Gasteiger charge is -2.28. The lowest BCUT2D eigenvalue weighted by Crippen LogP contribution is -2.22. The quantitative estimate of drug-likeness (QED) is 0.615. The summed E-state index contributed by atoms with van der Waals surface area (Å²) in [4.78, 5) is 13.6. The van der Waals surface area contributed by atoms with Gasteiger partial charge in [-0.3, -0.25) is 0 Å². The summed E-state index contributed by atoms with van der Waals surface area (Å²) in [5.74, 6) is -1.01. The molecule has 0 aliphatic carbocycles. The highest BCUT2D eigenvalue weighted by Gasteiger charge is 2.15. The fourth-order valence-corrected chi connectivity index (χ4v) is 3.02. The Bertz CT molecular complexity index is 947. The fraction of sp³-hybridized carbons (Fsp3) is 0.0833. The van der Waals surface area contributed by atoms with Gasteiger partial charge in [0, 0.05) is 19.2 Å². The minimum absolute atomic E-state index is 0.538. The Balaban J connectivity index is 2.01. The zero-order chi connectivity index (χ0) is 19.8. The van der Waals surface area contributed by atoms with Gasteiger partial charge in [0.2, 0.25) is 0 Å². The molecule has 28 heavy (non-hydrogen) atoms. The van der Waals surface area contributed by atoms with Crippen LogP contribution < -0.4 is 0 Å². The van der Waals surface area contributed by atoms with Crippen molar-refractivity contribution < 1.29 is 9.90 Å². The third-order valence-electron chi connectivity index (χ3n) is 4.34. The Morgan fingerprint density at radius 3 is 1.79 bits per heavy atom. The van der Waals surface area contributed by atoms with E-state index < -0.39 is 5.97 Å². The van der Waals surface area contributed by atoms with Gasteiger partial charge in [-0.1, -0.05) is 72.8 Å². The van der Waals surface area contributed by atoms with Crippen LogP contribution in [0.1, 0.15) is 22.3 Å². The molecule has 0 spiro atoms. The number of nitriles is 1. The number of carboxylic acids is 1. The fourth-order valence-electron chi connectivity index (χ4n) is 3.02. The maximum absolute atomic E-state index is 11.6. The number of rotatable bonds is 7. The number of nitrogens with zero attached hydrogens (tertiary/aromatic N) is 2. The third kappa shape index (κ3) is 5.09. The lowest BCUT2D eigenvalue weighted by molar-refractivity contribution is -0.131. The second-order valence-electron chi connectivity index (χ2n) is 6.38. The lowest BCUT2D eigenvalue weighted by atomic mass is 10.1. The monoisotopic (exact) mass is 368 g/mol. The molecule has 0 radical (unpaired) electrons. The van der Waals surface area contributed by atoms with Gasteiger partial charge in [0.25, 0.3) is 0 Å². The van der Waals surface area contributed by atoms with Gasteiger partial charge in [-0.25, -0.2) is 4.79 Å². The summed E-state index contributed by atoms with van der Waals surface area (Å²) >= 11 is 0. The molecule has 0 atom stereocenters. The highest BCUT2D eigenvalue weighted by atomic mass is 16.4. The molecule has 3 rings (SSSR count). The van der Waals surface area contributed by atoms with E-state index in [0.717, 1.165) is 16.7 Å². The van der Waals surface area contributed by atoms with Crippen LogP contribution in [0.2, 0.25) is 0 Å². The predicted octanol–water partition coefficient (Wildman–Crippen LogP) is 4.69. The molecule has 3 aromatic carbocycles. The van der Waals surface area contributed by atoms with Gasteiger partial charge in [-0.15, -0.1) is 0 Å². The molecule has 0 saturated heterocycles. The molecule has 0 heterocycles. The van der Waals surface area contributed by atoms with Crippen molar-refractivity contribution in [2.24, 2.45) is 0 Å². The van der Waals surface area contributed by atoms with E-state index in [1.54, 1.807) is 24.3 Å². The Hall–Kier alpha value is -3.84. The second-order valence-corrected chi connectivity index (χ2v) is 6.38. The Morgan fingerprint density at radius 2 is 1.36 bits per heavy atom. The number of hydrogen-bond acceptors (Lipinski definition) is 3. The summed E-state index contributed by atoms with van der Waals surface area (Å²) in [6.07, 6.45) is 1.23. The Labute approximate surface area is 164 Å². The molecule has 3 aromatic rings. The van der Waals surface area contributed by atoms with E-state index in [1.807, 2.05) is 65.6 Å². The number of carbonyl (C=O) groups is 1. The SMILES string of the molecule is N#Cc1ccc(/C(=C\C(=O)O)N(Cc2ccccc2)Cc2ccccc2)cc1. The van der Waals surface area contributed by atoms with E-state index in [-0.39, 0.29) is 0 Å². The van der Waals surface area contributed by atoms with Crippen molar-refractivity contribution in [1.29, 1.82) is 5.26 Å². The number of benzene rings is 3. The molecule has 0 aliphatic rings. The first-order chi connectivity index (χ1) is 13.7. The summed E-state index contributed by atoms with van der Waals surface area (Å²) in [5, 5.41) is 18.5. The van der Waals surface area contributed by atoms with Crippen molar-refractivity contribution in [3.8, 4) is 6.07 Å². The van der Waals surface area contributed by atoms with Crippen LogP contribution in [-0.2, 0) is 17.9 Å². The highest BCUT2D eigenvalue weighted by Crippen LogP contribution is 2.24. The van der Waals surface area contributed by atoms with Gasteiger partial charge in [-0.2, -0.15) is 5.26 Å². The zero-order valence-corrected chi connectivity index (χ0v) is 15.3. The zero-order valence-electron chi connectivity index (χ0n) is 15.3. The molecule has 0 fully saturated rings. The van der Waals surface area contributed by atoms with E-state index in [1.165, 1.54) is 6.08 Å². The third-order valence-corrected chi connectivity index (χ3v) is 4.34. The average molecular weight is 368 g/mol. The van der Waals surface area contributed by atoms with Gasteiger partial charge < -0.3 is 10.0 Å². The van der Waals surface area contributed by atoms with E-state index in [2.05, 4.69) is 6.07 Å². The van der Waals surface area contributed by atoms with Gasteiger partial charge in [-0.05, 0) is 28.8 Å². The number of aliphatic carboxylic acids is 1. The van der Waals surface area contributed by atoms with Crippen LogP contribution in [0.4, 0.5) is 0 Å². The summed E-state index contributed by atoms with van der Waals surface area (Å²) < 4.78 is 0. The van der Waals surface area contributed by atoms with Crippen LogP contribution in [0.5, 0.6) is 0 Å². The maximum Gasteiger partial charge on any atom is 0.330 e. The Morgan fingerprint density at radius 1 is 0.857 bits per heavy atom. The van der Waals surface area contributed by atoms with Crippen LogP contribution >= 0.6 is 0 Å². The number of hydrogen-bond donors (Lipinski definition) is 1. The van der Waals surface area contributed by atoms with Crippen LogP contribution in [0.15, 0.2) is 91.0 Å². The molecule has 0 bridgehead atoms. The molecule has 1 N–H and O–H groups in total. The van der Waals surface area contributed by atoms with Gasteiger partial charge in [0.15, 0.2) is 0 Å². The maximum atomic E-state index is 11.6. The van der Waals surface area contributed by atoms with E-state index in [0.29, 0.717) is 24.4 Å². The number of carboxylic acid groups (broad SMARTS) is 1. The summed E-state index contributed by atoms with van der Waals surface area (Å²) in [5.41, 5.74) is 4.07. The first-order valence-corrected chi connectivity index (χ1v) is 8.93. The standard InChI is InChI=1S/C24H20N2O2/c25-16-19-11-13-22(14-12-19)23(15-24(27)28)26(17-20-7-3-1-4-8-20)18-21-9-5-2-6-10-21/h1-15H,17-18H2,(H,27,28)/b23-15+. The topological polar surface area (TPSA) is 64.3 Å². The molecule has 0 aliphatic heterocycles. The Kier molecular flexibility index (Phi) is 6.22. The van der Waals surface area contributed by atoms with Crippen molar-refractivity contribution >= 4 is 11.7 Å². The average Bonchev–Trinajstić information content (AvgIpc) is 2.73. The predicted molar refractivity (Wildman–Crippen MR) is 109 cm³/mol. The van der Waals surface area contributed by atoms with Crippen molar-refractivity contribution in [2.45, 2.75) is 13.1 Å². The highest BCUT2D eigenvalue weighted by molar-refractivity contribution is 5.89. The smallest absolute Gasteiger partial charge is 0.330 e. The van der Waals surface area contributed by atoms with Gasteiger partial charge in [0.1, 0.15) is 0 Å². The minimum atomic E-state index is -1.01. The van der Waals surface area contributed by atoms with Crippen molar-refractivity contribution in [1.82, 2.24) is 4.90 Å². The molecule has 0 unspecified atom stereocenters. The molecular formula is C24H20N2O2. The van der Waals surface area contributed by atoms with E-state index in [4.69, 9.17) is 5.26 Å². The molecule has 0 saturated carbocycles. The second kappa shape index (κ2) is 9.20. The van der Waals surface area contributed by atoms with E-state index in [9.17, 15) is 9.90 Å². The van der Waals surface area contributed by atoms with Crippen LogP contribution in [0.3, 0.4) is 0 Å². The summed E-state index contributed by atoms with van der Waals surface area (Å²) in [6, 6.07) is 29.0. The normalized spacial score (nSPS) is 10.9. The molecule has 4 heteroatoms. The molecule has 138 valence electrons. The minimum Gasteiger partial charge on any atom is -0.478 e. The van der Waals surface area contributed by atoms with Crippen LogP contribution in [0, 0.1) is 11.3 Å². The first kappa shape index (κ1) is 18.9. The van der Waals surface area contributed by atoms with Gasteiger partial charge >= 0.3 is 5.97 Å². The van der Waals surface area contributed by atoms with Crippen molar-refractivity contribution in [2.75, 3.05) is 0 Å². The molecular weight excluding hydrogens is 348 g/mol. The van der Waals surface area contributed by atoms with Crippen LogP contribution in [0.25, 0.3) is 5.70 Å². The molecule has 0 aromatic heterocycles.